The zero-order valence-electron chi connectivity index (χ0n) is 60.4. The average Bonchev–Trinajstić information content (AvgIpc) is 1.82. The van der Waals surface area contributed by atoms with Gasteiger partial charge in [-0.3, -0.25) is 38.4 Å². The Hall–Kier alpha value is -11.7. The highest BCUT2D eigenvalue weighted by Gasteiger charge is 2.36. The number of hydrogen-bond acceptors (Lipinski definition) is 25. The van der Waals surface area contributed by atoms with Gasteiger partial charge >= 0.3 is 54.1 Å². The van der Waals surface area contributed by atoms with E-state index in [1.807, 2.05) is 0 Å². The molecule has 3 atom stereocenters. The van der Waals surface area contributed by atoms with E-state index in [2.05, 4.69) is 42.0 Å². The second-order valence-corrected chi connectivity index (χ2v) is 26.3. The molecule has 33 nitrogen and oxygen atoms in total. The van der Waals surface area contributed by atoms with Crippen LogP contribution in [0, 0.1) is 0 Å². The van der Waals surface area contributed by atoms with Gasteiger partial charge in [0.2, 0.25) is 23.6 Å². The Bertz CT molecular complexity index is 3540. The van der Waals surface area contributed by atoms with E-state index in [0.29, 0.717) is 33.6 Å². The number of anilines is 4. The lowest BCUT2D eigenvalue weighted by molar-refractivity contribution is -0.197. The van der Waals surface area contributed by atoms with E-state index in [-0.39, 0.29) is 92.2 Å². The summed E-state index contributed by atoms with van der Waals surface area (Å²) in [4.78, 5) is 177. The number of imide groups is 1. The molecule has 9 amide bonds. The fraction of sp³-hybridized carbons (Fsp3) is 0.443. The maximum absolute atomic E-state index is 12.5. The van der Waals surface area contributed by atoms with Gasteiger partial charge in [-0.15, -0.1) is 5.06 Å². The predicted molar refractivity (Wildman–Crippen MR) is 369 cm³/mol. The molecular weight excluding hydrogens is 1350 g/mol. The normalized spacial score (nSPS) is 13.6. The number of esters is 5. The van der Waals surface area contributed by atoms with E-state index in [4.69, 9.17) is 43.5 Å². The summed E-state index contributed by atoms with van der Waals surface area (Å²) in [5.74, 6) is -5.00. The van der Waals surface area contributed by atoms with Crippen LogP contribution < -0.4 is 46.7 Å². The van der Waals surface area contributed by atoms with Gasteiger partial charge in [0.1, 0.15) is 63.5 Å². The Morgan fingerprint density at radius 1 is 0.456 bits per heavy atom. The van der Waals surface area contributed by atoms with E-state index in [0.717, 1.165) is 0 Å². The monoisotopic (exact) mass is 1440 g/mol. The first-order valence-electron chi connectivity index (χ1n) is 32.0. The number of amides is 9. The molecular formula is C70H92N8O25. The number of carbonyl (C=O) groups excluding carboxylic acids is 15. The third kappa shape index (κ3) is 40.2. The summed E-state index contributed by atoms with van der Waals surface area (Å²) < 4.78 is 35.5. The molecule has 4 aromatic rings. The number of aromatic hydroxyl groups is 2. The molecule has 0 bridgehead atoms. The predicted octanol–water partition coefficient (Wildman–Crippen LogP) is 8.84. The van der Waals surface area contributed by atoms with E-state index >= 15 is 0 Å². The molecule has 0 saturated carbocycles. The van der Waals surface area contributed by atoms with Crippen molar-refractivity contribution < 1.29 is 120 Å². The van der Waals surface area contributed by atoms with Gasteiger partial charge < -0.3 is 85.4 Å². The molecule has 0 aliphatic carbocycles. The number of cyclic esters (lactones) is 2. The zero-order valence-corrected chi connectivity index (χ0v) is 60.4. The molecule has 0 aromatic heterocycles. The minimum atomic E-state index is -1.17. The Balaban J connectivity index is 0.000000460. The van der Waals surface area contributed by atoms with Crippen molar-refractivity contribution in [1.29, 1.82) is 0 Å². The molecule has 0 radical (unpaired) electrons. The lowest BCUT2D eigenvalue weighted by Crippen LogP contribution is -2.46. The Morgan fingerprint density at radius 2 is 0.757 bits per heavy atom. The molecule has 103 heavy (non-hydrogen) atoms. The maximum atomic E-state index is 12.5. The quantitative estimate of drug-likeness (QED) is 0.00995. The van der Waals surface area contributed by atoms with Crippen LogP contribution >= 0.6 is 0 Å². The molecule has 2 aliphatic heterocycles. The van der Waals surface area contributed by atoms with E-state index in [1.54, 1.807) is 132 Å². The van der Waals surface area contributed by atoms with Crippen LogP contribution in [0.25, 0.3) is 0 Å². The Morgan fingerprint density at radius 3 is 1.05 bits per heavy atom. The molecule has 33 heteroatoms. The van der Waals surface area contributed by atoms with Crippen LogP contribution in [-0.4, -0.2) is 145 Å². The summed E-state index contributed by atoms with van der Waals surface area (Å²) in [5, 5.41) is 35.7. The van der Waals surface area contributed by atoms with E-state index < -0.39 is 106 Å². The fourth-order valence-corrected chi connectivity index (χ4v) is 7.80. The van der Waals surface area contributed by atoms with Crippen molar-refractivity contribution in [1.82, 2.24) is 21.0 Å². The molecule has 9 N–H and O–H groups in total. The molecule has 0 spiro atoms. The SMILES string of the molecule is CC(=O)Nc1ccc(O)cc1.CC(=O)Nc1ccc(O)cc1.CC(=O)Nc1ccc(OC(=O)CCC(NC(=O)OC(C)(C)C)C(=O)OC(C)(C)C)cc1.CC(=O)Nc1ccc(OC(=O)CCC2NC(=O)OC2=O)cc1.CC(C)(C)OC(=O)NC(CCC(=O)ON1C(=O)CCC1=O)C(=O)OC(C)(C)C. The molecule has 6 rings (SSSR count). The summed E-state index contributed by atoms with van der Waals surface area (Å²) in [6, 6.07) is 22.1. The molecule has 2 fully saturated rings. The van der Waals surface area contributed by atoms with Crippen molar-refractivity contribution in [3.05, 3.63) is 97.1 Å². The van der Waals surface area contributed by atoms with Gasteiger partial charge in [-0.2, -0.15) is 0 Å². The van der Waals surface area contributed by atoms with Crippen LogP contribution in [0.5, 0.6) is 23.0 Å². The van der Waals surface area contributed by atoms with Gasteiger partial charge in [0, 0.05) is 76.1 Å². The third-order valence-electron chi connectivity index (χ3n) is 11.8. The first-order valence-corrected chi connectivity index (χ1v) is 32.0. The summed E-state index contributed by atoms with van der Waals surface area (Å²) in [6.07, 6.45) is -3.10. The second kappa shape index (κ2) is 41.2. The van der Waals surface area contributed by atoms with Crippen molar-refractivity contribution in [2.45, 2.75) is 203 Å². The lowest BCUT2D eigenvalue weighted by atomic mass is 10.1. The number of alkyl carbamates (subject to hydrolysis) is 3. The van der Waals surface area contributed by atoms with Crippen molar-refractivity contribution in [2.24, 2.45) is 0 Å². The first-order chi connectivity index (χ1) is 47.6. The van der Waals surface area contributed by atoms with Crippen LogP contribution in [0.4, 0.5) is 37.1 Å². The minimum absolute atomic E-state index is 0.0210. The fourth-order valence-electron chi connectivity index (χ4n) is 7.80. The highest BCUT2D eigenvalue weighted by Crippen LogP contribution is 2.22. The lowest BCUT2D eigenvalue weighted by Gasteiger charge is -2.26. The Labute approximate surface area is 595 Å². The number of hydrogen-bond donors (Lipinski definition) is 9. The van der Waals surface area contributed by atoms with Crippen molar-refractivity contribution in [3.8, 4) is 23.0 Å². The number of carbonyl (C=O) groups is 15. The number of rotatable bonds is 20. The van der Waals surface area contributed by atoms with Gasteiger partial charge in [-0.05, 0) is 199 Å². The summed E-state index contributed by atoms with van der Waals surface area (Å²) in [5.41, 5.74) is -0.558. The average molecular weight is 1450 g/mol. The highest BCUT2D eigenvalue weighted by atomic mass is 16.7. The van der Waals surface area contributed by atoms with Crippen LogP contribution in [0.1, 0.15) is 162 Å². The summed E-state index contributed by atoms with van der Waals surface area (Å²) in [7, 11) is 0. The zero-order chi connectivity index (χ0) is 78.2. The standard InChI is InChI=1S/C22H32N2O7.C18H28N2O8.C14H14N2O6.2C8H9NO2/c1-14(25)23-15-8-10-16(11-9-15)29-18(26)13-12-17(19(27)30-21(2,3)4)24-20(28)31-22(5,6)7;1-17(2,3)26-15(24)11(19-16(25)27-18(4,5)6)7-10-14(23)28-20-12(21)8-9-13(20)22;1-8(17)15-9-2-4-10(5-3-9)21-12(18)7-6-11-13(19)22-14(20)16-11;2*1-6(10)9-7-2-4-8(11)5-3-7/h8-11,17H,12-13H2,1-7H3,(H,23,25)(H,24,28);11H,7-10H2,1-6H3,(H,19,25);2-5,11H,6-7H2,1H3,(H,15,17)(H,16,20);2*2-5,11H,1H3,(H,9,10). The molecule has 4 aromatic carbocycles. The third-order valence-corrected chi connectivity index (χ3v) is 11.8. The van der Waals surface area contributed by atoms with Gasteiger partial charge in [0.05, 0.1) is 6.42 Å². The number of nitrogens with one attached hydrogen (secondary N) is 7. The molecule has 562 valence electrons. The molecule has 3 unspecified atom stereocenters. The molecule has 2 aliphatic rings. The molecule has 2 heterocycles. The van der Waals surface area contributed by atoms with Gasteiger partial charge in [0.15, 0.2) is 0 Å². The highest BCUT2D eigenvalue weighted by molar-refractivity contribution is 6.02. The van der Waals surface area contributed by atoms with Crippen molar-refractivity contribution in [2.75, 3.05) is 21.3 Å². The smallest absolute Gasteiger partial charge is 0.415 e. The van der Waals surface area contributed by atoms with Crippen LogP contribution in [0.2, 0.25) is 0 Å². The number of phenols is 2. The largest absolute Gasteiger partial charge is 0.508 e. The minimum Gasteiger partial charge on any atom is -0.508 e. The van der Waals surface area contributed by atoms with Crippen LogP contribution in [-0.2, 0) is 86.1 Å². The van der Waals surface area contributed by atoms with Crippen LogP contribution in [0.3, 0.4) is 0 Å². The van der Waals surface area contributed by atoms with Gasteiger partial charge in [0.25, 0.3) is 11.8 Å². The van der Waals surface area contributed by atoms with E-state index in [9.17, 15) is 71.9 Å². The maximum Gasteiger partial charge on any atom is 0.415 e. The van der Waals surface area contributed by atoms with Gasteiger partial charge in [-0.1, -0.05) is 0 Å². The van der Waals surface area contributed by atoms with Crippen molar-refractivity contribution in [3.63, 3.8) is 0 Å². The number of phenolic OH excluding ortho intramolecular Hbond substituents is 2. The summed E-state index contributed by atoms with van der Waals surface area (Å²) >= 11 is 0. The first kappa shape index (κ1) is 87.4. The van der Waals surface area contributed by atoms with Crippen molar-refractivity contribution >= 4 is 112 Å². The van der Waals surface area contributed by atoms with Crippen LogP contribution in [0.15, 0.2) is 97.1 Å². The molecule has 2 saturated heterocycles. The summed E-state index contributed by atoms with van der Waals surface area (Å²) in [6.45, 7) is 25.8. The number of hydroxylamine groups is 2. The topological polar surface area (TPSA) is 458 Å². The Kier molecular flexibility index (Phi) is 34.9. The number of benzene rings is 4. The number of ether oxygens (including phenoxy) is 7. The van der Waals surface area contributed by atoms with E-state index in [1.165, 1.54) is 76.2 Å². The number of nitrogens with zero attached hydrogens (tertiary/aromatic N) is 1. The second-order valence-electron chi connectivity index (χ2n) is 26.3. The van der Waals surface area contributed by atoms with Gasteiger partial charge in [-0.25, -0.2) is 33.6 Å².